The van der Waals surface area contributed by atoms with E-state index in [9.17, 15) is 5.11 Å². The average Bonchev–Trinajstić information content (AvgIpc) is 3.41. The molecule has 0 aliphatic carbocycles. The van der Waals surface area contributed by atoms with E-state index in [-0.39, 0.29) is 5.75 Å². The molecule has 0 fully saturated rings. The second-order valence-electron chi connectivity index (χ2n) is 10.9. The summed E-state index contributed by atoms with van der Waals surface area (Å²) in [6, 6.07) is 36.9. The number of rotatable bonds is 5. The van der Waals surface area contributed by atoms with Gasteiger partial charge in [-0.25, -0.2) is 9.97 Å². The van der Waals surface area contributed by atoms with Crippen molar-refractivity contribution in [3.05, 3.63) is 138 Å². The van der Waals surface area contributed by atoms with Crippen molar-refractivity contribution in [1.82, 2.24) is 19.5 Å². The molecule has 0 saturated carbocycles. The maximum atomic E-state index is 10.8. The van der Waals surface area contributed by atoms with Gasteiger partial charge in [0, 0.05) is 29.2 Å². The van der Waals surface area contributed by atoms with Gasteiger partial charge in [0.1, 0.15) is 11.4 Å². The molecule has 0 aliphatic rings. The van der Waals surface area contributed by atoms with Crippen LogP contribution in [0.4, 0.5) is 0 Å². The number of para-hydroxylation sites is 2. The number of imidazole rings is 1. The quantitative estimate of drug-likeness (QED) is 0.229. The lowest BCUT2D eigenvalue weighted by atomic mass is 9.89. The van der Waals surface area contributed by atoms with Crippen LogP contribution in [0, 0.1) is 20.8 Å². The van der Waals surface area contributed by atoms with Gasteiger partial charge in [0.2, 0.25) is 0 Å². The molecule has 0 bridgehead atoms. The molecule has 3 aromatic heterocycles. The Morgan fingerprint density at radius 2 is 1.35 bits per heavy atom. The first-order valence-electron chi connectivity index (χ1n) is 14.3. The molecule has 4 aromatic carbocycles. The minimum absolute atomic E-state index is 0.0845. The molecular weight excluding hydrogens is 528 g/mol. The second kappa shape index (κ2) is 10.7. The van der Waals surface area contributed by atoms with Crippen molar-refractivity contribution in [3.8, 4) is 56.5 Å². The van der Waals surface area contributed by atoms with Gasteiger partial charge in [-0.3, -0.25) is 9.55 Å². The van der Waals surface area contributed by atoms with Gasteiger partial charge in [-0.1, -0.05) is 54.1 Å². The molecule has 0 radical (unpaired) electrons. The van der Waals surface area contributed by atoms with Gasteiger partial charge in [-0.15, -0.1) is 0 Å². The first-order valence-corrected chi connectivity index (χ1v) is 14.3. The maximum absolute atomic E-state index is 10.8. The van der Waals surface area contributed by atoms with E-state index in [2.05, 4.69) is 78.9 Å². The molecule has 1 N–H and O–H groups in total. The zero-order chi connectivity index (χ0) is 29.5. The van der Waals surface area contributed by atoms with Gasteiger partial charge in [0.15, 0.2) is 5.82 Å². The second-order valence-corrected chi connectivity index (χ2v) is 10.9. The molecule has 5 nitrogen and oxygen atoms in total. The fourth-order valence-electron chi connectivity index (χ4n) is 6.14. The van der Waals surface area contributed by atoms with Crippen LogP contribution in [-0.2, 0) is 0 Å². The van der Waals surface area contributed by atoms with Crippen LogP contribution < -0.4 is 0 Å². The van der Waals surface area contributed by atoms with Crippen LogP contribution in [0.3, 0.4) is 0 Å². The highest BCUT2D eigenvalue weighted by atomic mass is 16.3. The zero-order valence-electron chi connectivity index (χ0n) is 24.3. The number of pyridine rings is 2. The molecule has 7 aromatic rings. The summed E-state index contributed by atoms with van der Waals surface area (Å²) < 4.78 is 2.07. The van der Waals surface area contributed by atoms with Gasteiger partial charge >= 0.3 is 0 Å². The Morgan fingerprint density at radius 1 is 0.628 bits per heavy atom. The molecule has 7 rings (SSSR count). The highest BCUT2D eigenvalue weighted by Gasteiger charge is 2.21. The van der Waals surface area contributed by atoms with Gasteiger partial charge in [-0.05, 0) is 109 Å². The van der Waals surface area contributed by atoms with Crippen LogP contribution in [0.5, 0.6) is 5.75 Å². The number of hydrogen-bond donors (Lipinski definition) is 1. The smallest absolute Gasteiger partial charge is 0.168 e. The number of nitrogens with zero attached hydrogens (tertiary/aromatic N) is 4. The van der Waals surface area contributed by atoms with Crippen molar-refractivity contribution in [1.29, 1.82) is 0 Å². The largest absolute Gasteiger partial charge is 0.506 e. The Balaban J connectivity index is 1.53. The summed E-state index contributed by atoms with van der Waals surface area (Å²) >= 11 is 0. The third-order valence-corrected chi connectivity index (χ3v) is 7.87. The summed E-state index contributed by atoms with van der Waals surface area (Å²) in [5.74, 6) is 0.666. The van der Waals surface area contributed by atoms with Crippen molar-refractivity contribution in [2.45, 2.75) is 20.8 Å². The van der Waals surface area contributed by atoms with Crippen molar-refractivity contribution in [3.63, 3.8) is 0 Å². The van der Waals surface area contributed by atoms with Crippen LogP contribution in [0.15, 0.2) is 122 Å². The van der Waals surface area contributed by atoms with Crippen molar-refractivity contribution in [2.75, 3.05) is 0 Å². The Kier molecular flexibility index (Phi) is 6.55. The third kappa shape index (κ3) is 4.75. The highest BCUT2D eigenvalue weighted by Crippen LogP contribution is 2.40. The Labute approximate surface area is 250 Å². The Hall–Kier alpha value is -5.55. The van der Waals surface area contributed by atoms with E-state index in [0.29, 0.717) is 11.5 Å². The van der Waals surface area contributed by atoms with Crippen molar-refractivity contribution >= 4 is 11.0 Å². The van der Waals surface area contributed by atoms with Gasteiger partial charge in [0.05, 0.1) is 16.7 Å². The van der Waals surface area contributed by atoms with Gasteiger partial charge < -0.3 is 5.11 Å². The van der Waals surface area contributed by atoms with Gasteiger partial charge in [-0.2, -0.15) is 0 Å². The maximum Gasteiger partial charge on any atom is 0.168 e. The number of hydrogen-bond acceptors (Lipinski definition) is 4. The van der Waals surface area contributed by atoms with E-state index in [1.807, 2.05) is 54.7 Å². The van der Waals surface area contributed by atoms with Crippen LogP contribution in [-0.4, -0.2) is 24.6 Å². The molecule has 43 heavy (non-hydrogen) atoms. The van der Waals surface area contributed by atoms with Crippen LogP contribution in [0.25, 0.3) is 61.8 Å². The third-order valence-electron chi connectivity index (χ3n) is 7.87. The standard InChI is InChI=1S/C38H30N4O/c1-24-19-25(2)35(26(3)20-24)29-22-27(21-28(23-29)32-14-7-8-17-39-32)31-13-9-15-33-36(31)41-38(37-34(43)16-10-18-40-37)42(33)30-11-5-4-6-12-30/h4-23,43H,1-3H3. The normalized spacial score (nSPS) is 11.2. The number of benzene rings is 4. The van der Waals surface area contributed by atoms with Crippen molar-refractivity contribution < 1.29 is 5.11 Å². The van der Waals surface area contributed by atoms with Gasteiger partial charge in [0.25, 0.3) is 0 Å². The monoisotopic (exact) mass is 558 g/mol. The lowest BCUT2D eigenvalue weighted by Gasteiger charge is -2.15. The molecular formula is C38H30N4O. The first-order chi connectivity index (χ1) is 21.0. The molecule has 208 valence electrons. The lowest BCUT2D eigenvalue weighted by Crippen LogP contribution is -1.98. The summed E-state index contributed by atoms with van der Waals surface area (Å²) in [7, 11) is 0. The number of aryl methyl sites for hydroxylation is 3. The van der Waals surface area contributed by atoms with E-state index >= 15 is 0 Å². The van der Waals surface area contributed by atoms with Crippen molar-refractivity contribution in [2.24, 2.45) is 0 Å². The summed E-state index contributed by atoms with van der Waals surface area (Å²) in [5.41, 5.74) is 13.2. The van der Waals surface area contributed by atoms with Crippen LogP contribution in [0.1, 0.15) is 16.7 Å². The topological polar surface area (TPSA) is 63.8 Å². The predicted octanol–water partition coefficient (Wildman–Crippen LogP) is 9.11. The van der Waals surface area contributed by atoms with Crippen LogP contribution in [0.2, 0.25) is 0 Å². The Bertz CT molecular complexity index is 2090. The molecule has 0 amide bonds. The zero-order valence-corrected chi connectivity index (χ0v) is 24.3. The van der Waals surface area contributed by atoms with E-state index < -0.39 is 0 Å². The first kappa shape index (κ1) is 26.4. The predicted molar refractivity (Wildman–Crippen MR) is 174 cm³/mol. The minimum atomic E-state index is 0.0845. The molecule has 0 atom stereocenters. The summed E-state index contributed by atoms with van der Waals surface area (Å²) in [6.07, 6.45) is 3.51. The number of fused-ring (bicyclic) bond motifs is 1. The minimum Gasteiger partial charge on any atom is -0.506 e. The lowest BCUT2D eigenvalue weighted by molar-refractivity contribution is 0.474. The fraction of sp³-hybridized carbons (Fsp3) is 0.0789. The molecule has 0 aliphatic heterocycles. The molecule has 0 spiro atoms. The Morgan fingerprint density at radius 3 is 2.09 bits per heavy atom. The van der Waals surface area contributed by atoms with E-state index in [4.69, 9.17) is 9.97 Å². The summed E-state index contributed by atoms with van der Waals surface area (Å²) in [5, 5.41) is 10.8. The van der Waals surface area contributed by atoms with E-state index in [1.165, 1.54) is 22.3 Å². The van der Waals surface area contributed by atoms with E-state index in [0.717, 1.165) is 44.7 Å². The summed E-state index contributed by atoms with van der Waals surface area (Å²) in [6.45, 7) is 6.49. The highest BCUT2D eigenvalue weighted by molar-refractivity contribution is 5.97. The molecule has 0 unspecified atom stereocenters. The van der Waals surface area contributed by atoms with E-state index in [1.54, 1.807) is 18.3 Å². The van der Waals surface area contributed by atoms with Crippen LogP contribution >= 0.6 is 0 Å². The SMILES string of the molecule is Cc1cc(C)c(-c2cc(-c3ccccn3)cc(-c3cccc4c3nc(-c3ncccc3O)n4-c3ccccc3)c2)c(C)c1. The average molecular weight is 559 g/mol. The number of aromatic nitrogens is 4. The molecule has 0 saturated heterocycles. The number of aromatic hydroxyl groups is 1. The summed E-state index contributed by atoms with van der Waals surface area (Å²) in [4.78, 5) is 14.4. The molecule has 5 heteroatoms. The fourth-order valence-corrected chi connectivity index (χ4v) is 6.14. The molecule has 3 heterocycles.